The molecule has 0 aromatic heterocycles. The van der Waals surface area contributed by atoms with Gasteiger partial charge in [0.2, 0.25) is 0 Å². The van der Waals surface area contributed by atoms with Gasteiger partial charge in [-0.05, 0) is 26.2 Å². The van der Waals surface area contributed by atoms with E-state index in [4.69, 9.17) is 4.74 Å². The van der Waals surface area contributed by atoms with Crippen molar-refractivity contribution in [3.05, 3.63) is 0 Å². The minimum atomic E-state index is -0.559. The molecule has 0 spiro atoms. The highest BCUT2D eigenvalue weighted by atomic mass is 79.9. The van der Waals surface area contributed by atoms with Crippen molar-refractivity contribution < 1.29 is 14.3 Å². The summed E-state index contributed by atoms with van der Waals surface area (Å²) in [5, 5.41) is 1.01. The maximum atomic E-state index is 10.6. The van der Waals surface area contributed by atoms with Crippen LogP contribution in [0.15, 0.2) is 0 Å². The van der Waals surface area contributed by atoms with Gasteiger partial charge in [-0.15, -0.1) is 0 Å². The van der Waals surface area contributed by atoms with Gasteiger partial charge in [0.25, 0.3) is 0 Å². The van der Waals surface area contributed by atoms with E-state index in [9.17, 15) is 4.79 Å². The average molecular weight is 239 g/mol. The first-order valence-corrected chi connectivity index (χ1v) is 5.29. The molecular formula is C8H15BrO3. The lowest BCUT2D eigenvalue weighted by molar-refractivity contribution is 0.0579. The van der Waals surface area contributed by atoms with Crippen LogP contribution in [0.25, 0.3) is 0 Å². The van der Waals surface area contributed by atoms with Crippen molar-refractivity contribution in [2.75, 3.05) is 18.5 Å². The lowest BCUT2D eigenvalue weighted by Crippen LogP contribution is -2.07. The van der Waals surface area contributed by atoms with Crippen LogP contribution >= 0.6 is 15.9 Å². The van der Waals surface area contributed by atoms with Crippen LogP contribution in [0, 0.1) is 0 Å². The number of ether oxygens (including phenoxy) is 2. The van der Waals surface area contributed by atoms with Gasteiger partial charge in [0.05, 0.1) is 13.2 Å². The van der Waals surface area contributed by atoms with Gasteiger partial charge in [-0.2, -0.15) is 0 Å². The maximum absolute atomic E-state index is 10.6. The molecule has 0 saturated carbocycles. The molecule has 4 heteroatoms. The van der Waals surface area contributed by atoms with Gasteiger partial charge in [-0.25, -0.2) is 4.79 Å². The third-order valence-corrected chi connectivity index (χ3v) is 1.82. The van der Waals surface area contributed by atoms with Gasteiger partial charge in [0.1, 0.15) is 0 Å². The van der Waals surface area contributed by atoms with Gasteiger partial charge in [-0.1, -0.05) is 15.9 Å². The Morgan fingerprint density at radius 1 is 1.25 bits per heavy atom. The Hall–Kier alpha value is -0.250. The fourth-order valence-electron chi connectivity index (χ4n) is 0.688. The van der Waals surface area contributed by atoms with Crippen LogP contribution < -0.4 is 0 Å². The minimum absolute atomic E-state index is 0.375. The second-order valence-corrected chi connectivity index (χ2v) is 3.07. The lowest BCUT2D eigenvalue weighted by Gasteiger charge is -2.03. The highest BCUT2D eigenvalue weighted by Gasteiger charge is 1.99. The first-order chi connectivity index (χ1) is 5.81. The molecule has 72 valence electrons. The summed E-state index contributed by atoms with van der Waals surface area (Å²) in [4.78, 5) is 10.6. The van der Waals surface area contributed by atoms with E-state index in [-0.39, 0.29) is 0 Å². The minimum Gasteiger partial charge on any atom is -0.435 e. The Bertz CT molecular complexity index is 117. The molecule has 0 aliphatic carbocycles. The summed E-state index contributed by atoms with van der Waals surface area (Å²) in [7, 11) is 0. The molecule has 0 bridgehead atoms. The third kappa shape index (κ3) is 7.85. The van der Waals surface area contributed by atoms with Crippen LogP contribution in [0.2, 0.25) is 0 Å². The number of alkyl halides is 1. The van der Waals surface area contributed by atoms with Crippen molar-refractivity contribution in [3.63, 3.8) is 0 Å². The standard InChI is InChI=1S/C8H15BrO3/c1-2-11-8(10)12-7-5-3-4-6-9/h2-7H2,1H3. The average Bonchev–Trinajstić information content (AvgIpc) is 2.05. The number of carbonyl (C=O) groups is 1. The fourth-order valence-corrected chi connectivity index (χ4v) is 1.08. The molecule has 0 aromatic rings. The summed E-state index contributed by atoms with van der Waals surface area (Å²) in [6.07, 6.45) is 2.54. The van der Waals surface area contributed by atoms with Crippen molar-refractivity contribution in [3.8, 4) is 0 Å². The van der Waals surface area contributed by atoms with E-state index in [0.29, 0.717) is 13.2 Å². The molecule has 0 aliphatic heterocycles. The van der Waals surface area contributed by atoms with E-state index < -0.39 is 6.16 Å². The smallest absolute Gasteiger partial charge is 0.435 e. The predicted molar refractivity (Wildman–Crippen MR) is 50.6 cm³/mol. The molecule has 0 heterocycles. The van der Waals surface area contributed by atoms with Crippen molar-refractivity contribution in [2.45, 2.75) is 26.2 Å². The monoisotopic (exact) mass is 238 g/mol. The molecule has 3 nitrogen and oxygen atoms in total. The first-order valence-electron chi connectivity index (χ1n) is 4.16. The molecule has 0 saturated heterocycles. The van der Waals surface area contributed by atoms with Gasteiger partial charge in [0.15, 0.2) is 0 Å². The summed E-state index contributed by atoms with van der Waals surface area (Å²) < 4.78 is 9.33. The highest BCUT2D eigenvalue weighted by molar-refractivity contribution is 9.09. The molecule has 0 radical (unpaired) electrons. The molecule has 0 atom stereocenters. The highest BCUT2D eigenvalue weighted by Crippen LogP contribution is 1.99. The Labute approximate surface area is 81.6 Å². The van der Waals surface area contributed by atoms with Crippen LogP contribution in [0.3, 0.4) is 0 Å². The Balaban J connectivity index is 3.03. The van der Waals surface area contributed by atoms with E-state index in [1.165, 1.54) is 0 Å². The number of carbonyl (C=O) groups excluding carboxylic acids is 1. The predicted octanol–water partition coefficient (Wildman–Crippen LogP) is 2.72. The number of unbranched alkanes of at least 4 members (excludes halogenated alkanes) is 2. The number of hydrogen-bond donors (Lipinski definition) is 0. The van der Waals surface area contributed by atoms with Crippen molar-refractivity contribution in [1.29, 1.82) is 0 Å². The molecule has 0 N–H and O–H groups in total. The van der Waals surface area contributed by atoms with Crippen molar-refractivity contribution >= 4 is 22.1 Å². The normalized spacial score (nSPS) is 9.50. The Morgan fingerprint density at radius 2 is 2.00 bits per heavy atom. The van der Waals surface area contributed by atoms with Gasteiger partial charge >= 0.3 is 6.16 Å². The van der Waals surface area contributed by atoms with E-state index in [0.717, 1.165) is 24.6 Å². The van der Waals surface area contributed by atoms with Gasteiger partial charge in [-0.3, -0.25) is 0 Å². The fraction of sp³-hybridized carbons (Fsp3) is 0.875. The van der Waals surface area contributed by atoms with Crippen LogP contribution in [-0.4, -0.2) is 24.7 Å². The molecule has 0 amide bonds. The quantitative estimate of drug-likeness (QED) is 0.406. The number of hydrogen-bond acceptors (Lipinski definition) is 3. The Kier molecular flexibility index (Phi) is 8.66. The molecular weight excluding hydrogens is 224 g/mol. The largest absolute Gasteiger partial charge is 0.508 e. The number of halogens is 1. The zero-order valence-electron chi connectivity index (χ0n) is 7.35. The topological polar surface area (TPSA) is 35.5 Å². The van der Waals surface area contributed by atoms with E-state index >= 15 is 0 Å². The summed E-state index contributed by atoms with van der Waals surface area (Å²) >= 11 is 3.32. The van der Waals surface area contributed by atoms with Gasteiger partial charge in [0, 0.05) is 5.33 Å². The zero-order chi connectivity index (χ0) is 9.23. The van der Waals surface area contributed by atoms with E-state index in [1.807, 2.05) is 0 Å². The number of rotatable bonds is 6. The summed E-state index contributed by atoms with van der Waals surface area (Å²) in [6.45, 7) is 2.60. The van der Waals surface area contributed by atoms with Crippen LogP contribution in [-0.2, 0) is 9.47 Å². The third-order valence-electron chi connectivity index (χ3n) is 1.26. The maximum Gasteiger partial charge on any atom is 0.508 e. The molecule has 0 aliphatic rings. The van der Waals surface area contributed by atoms with Crippen LogP contribution in [0.1, 0.15) is 26.2 Å². The van der Waals surface area contributed by atoms with Crippen LogP contribution in [0.4, 0.5) is 4.79 Å². The second-order valence-electron chi connectivity index (χ2n) is 2.28. The van der Waals surface area contributed by atoms with Crippen molar-refractivity contribution in [1.82, 2.24) is 0 Å². The summed E-state index contributed by atoms with van der Waals surface area (Å²) in [5.41, 5.74) is 0. The van der Waals surface area contributed by atoms with Gasteiger partial charge < -0.3 is 9.47 Å². The van der Waals surface area contributed by atoms with Crippen molar-refractivity contribution in [2.24, 2.45) is 0 Å². The molecule has 0 rings (SSSR count). The zero-order valence-corrected chi connectivity index (χ0v) is 8.93. The van der Waals surface area contributed by atoms with Crippen LogP contribution in [0.5, 0.6) is 0 Å². The molecule has 0 aromatic carbocycles. The Morgan fingerprint density at radius 3 is 2.58 bits per heavy atom. The molecule has 12 heavy (non-hydrogen) atoms. The second kappa shape index (κ2) is 8.84. The molecule has 0 unspecified atom stereocenters. The summed E-state index contributed by atoms with van der Waals surface area (Å²) in [5.74, 6) is 0. The first kappa shape index (κ1) is 11.8. The van der Waals surface area contributed by atoms with E-state index in [1.54, 1.807) is 6.92 Å². The van der Waals surface area contributed by atoms with E-state index in [2.05, 4.69) is 20.7 Å². The lowest BCUT2D eigenvalue weighted by atomic mass is 10.3. The SMILES string of the molecule is CCOC(=O)OCCCCCBr. The summed E-state index contributed by atoms with van der Waals surface area (Å²) in [6, 6.07) is 0. The molecule has 0 fully saturated rings.